The Morgan fingerprint density at radius 3 is 2.89 bits per heavy atom. The fourth-order valence-electron chi connectivity index (χ4n) is 1.76. The molecule has 2 rings (SSSR count). The maximum atomic E-state index is 13.5. The highest BCUT2D eigenvalue weighted by Crippen LogP contribution is 2.16. The third-order valence-corrected chi connectivity index (χ3v) is 2.79. The zero-order chi connectivity index (χ0) is 13.7. The second-order valence-corrected chi connectivity index (χ2v) is 4.35. The summed E-state index contributed by atoms with van der Waals surface area (Å²) in [7, 11) is 1.83. The molecule has 1 aromatic heterocycles. The van der Waals surface area contributed by atoms with Crippen molar-refractivity contribution < 1.29 is 8.81 Å². The number of rotatable bonds is 6. The Hall–Kier alpha value is -1.88. The van der Waals surface area contributed by atoms with E-state index in [9.17, 15) is 4.39 Å². The van der Waals surface area contributed by atoms with Crippen LogP contribution < -0.4 is 10.2 Å². The number of anilines is 1. The molecule has 4 nitrogen and oxygen atoms in total. The number of hydrogen-bond donors (Lipinski definition) is 1. The topological polar surface area (TPSA) is 41.3 Å². The molecule has 0 saturated carbocycles. The predicted molar refractivity (Wildman–Crippen MR) is 72.4 cm³/mol. The average molecular weight is 263 g/mol. The number of halogens is 1. The summed E-state index contributed by atoms with van der Waals surface area (Å²) in [5, 5.41) is 3.17. The first-order valence-corrected chi connectivity index (χ1v) is 6.30. The van der Waals surface area contributed by atoms with Crippen LogP contribution in [0.4, 0.5) is 10.4 Å². The van der Waals surface area contributed by atoms with E-state index in [-0.39, 0.29) is 5.82 Å². The molecule has 1 aromatic carbocycles. The van der Waals surface area contributed by atoms with Crippen molar-refractivity contribution in [2.75, 3.05) is 18.5 Å². The van der Waals surface area contributed by atoms with Gasteiger partial charge in [0, 0.05) is 25.7 Å². The van der Waals surface area contributed by atoms with Crippen molar-refractivity contribution in [1.29, 1.82) is 0 Å². The molecule has 0 atom stereocenters. The molecule has 0 unspecified atom stereocenters. The van der Waals surface area contributed by atoms with E-state index in [0.717, 1.165) is 12.2 Å². The monoisotopic (exact) mass is 263 g/mol. The van der Waals surface area contributed by atoms with Crippen LogP contribution in [0.25, 0.3) is 0 Å². The van der Waals surface area contributed by atoms with E-state index >= 15 is 0 Å². The summed E-state index contributed by atoms with van der Waals surface area (Å²) in [5.41, 5.74) is 1.47. The highest BCUT2D eigenvalue weighted by atomic mass is 19.1. The molecule has 0 aliphatic heterocycles. The van der Waals surface area contributed by atoms with E-state index in [0.29, 0.717) is 24.7 Å². The molecular weight excluding hydrogens is 245 g/mol. The molecule has 0 bridgehead atoms. The minimum Gasteiger partial charge on any atom is -0.432 e. The minimum absolute atomic E-state index is 0.214. The van der Waals surface area contributed by atoms with Crippen LogP contribution in [0.1, 0.15) is 18.2 Å². The summed E-state index contributed by atoms with van der Waals surface area (Å²) >= 11 is 0. The number of benzene rings is 1. The molecule has 0 aliphatic rings. The second kappa shape index (κ2) is 6.33. The molecule has 0 saturated heterocycles. The van der Waals surface area contributed by atoms with Crippen LogP contribution in [0, 0.1) is 5.82 Å². The van der Waals surface area contributed by atoms with Crippen LogP contribution in [0.2, 0.25) is 0 Å². The largest absolute Gasteiger partial charge is 0.432 e. The van der Waals surface area contributed by atoms with E-state index in [1.807, 2.05) is 20.0 Å². The van der Waals surface area contributed by atoms with E-state index in [4.69, 9.17) is 4.42 Å². The third kappa shape index (κ3) is 3.54. The van der Waals surface area contributed by atoms with Gasteiger partial charge in [0.05, 0.1) is 5.69 Å². The molecule has 19 heavy (non-hydrogen) atoms. The fourth-order valence-corrected chi connectivity index (χ4v) is 1.76. The molecule has 5 heteroatoms. The van der Waals surface area contributed by atoms with Gasteiger partial charge in [-0.3, -0.25) is 0 Å². The lowest BCUT2D eigenvalue weighted by molar-refractivity contribution is 0.538. The van der Waals surface area contributed by atoms with Gasteiger partial charge >= 0.3 is 0 Å². The van der Waals surface area contributed by atoms with Gasteiger partial charge < -0.3 is 14.6 Å². The summed E-state index contributed by atoms with van der Waals surface area (Å²) in [6.45, 7) is 4.01. The van der Waals surface area contributed by atoms with Gasteiger partial charge in [0.25, 0.3) is 6.01 Å². The van der Waals surface area contributed by atoms with Crippen LogP contribution in [-0.2, 0) is 13.1 Å². The summed E-state index contributed by atoms with van der Waals surface area (Å²) in [6.07, 6.45) is 1.62. The molecule has 0 amide bonds. The van der Waals surface area contributed by atoms with Crippen molar-refractivity contribution in [3.05, 3.63) is 47.6 Å². The summed E-state index contributed by atoms with van der Waals surface area (Å²) in [6, 6.07) is 7.21. The lowest BCUT2D eigenvalue weighted by Gasteiger charge is -2.14. The Morgan fingerprint density at radius 2 is 2.16 bits per heavy atom. The zero-order valence-corrected chi connectivity index (χ0v) is 11.2. The Morgan fingerprint density at radius 1 is 1.37 bits per heavy atom. The zero-order valence-electron chi connectivity index (χ0n) is 11.2. The van der Waals surface area contributed by atoms with Gasteiger partial charge in [-0.05, 0) is 12.6 Å². The Balaban J connectivity index is 2.01. The lowest BCUT2D eigenvalue weighted by Crippen LogP contribution is -2.18. The Labute approximate surface area is 112 Å². The maximum absolute atomic E-state index is 13.5. The molecule has 1 heterocycles. The van der Waals surface area contributed by atoms with Gasteiger partial charge in [0.1, 0.15) is 12.1 Å². The average Bonchev–Trinajstić information content (AvgIpc) is 2.88. The lowest BCUT2D eigenvalue weighted by atomic mass is 10.2. The van der Waals surface area contributed by atoms with Gasteiger partial charge in [0.15, 0.2) is 0 Å². The van der Waals surface area contributed by atoms with E-state index in [1.54, 1.807) is 23.3 Å². The smallest absolute Gasteiger partial charge is 0.297 e. The van der Waals surface area contributed by atoms with Crippen LogP contribution in [0.5, 0.6) is 0 Å². The molecular formula is C14H18FN3O. The maximum Gasteiger partial charge on any atom is 0.297 e. The molecule has 0 fully saturated rings. The SMILES string of the molecule is CCNCc1coc(N(C)Cc2ccccc2F)n1. The first-order chi connectivity index (χ1) is 9.20. The fraction of sp³-hybridized carbons (Fsp3) is 0.357. The Bertz CT molecular complexity index is 527. The van der Waals surface area contributed by atoms with Crippen molar-refractivity contribution in [2.24, 2.45) is 0 Å². The summed E-state index contributed by atoms with van der Waals surface area (Å²) in [5.74, 6) is -0.214. The summed E-state index contributed by atoms with van der Waals surface area (Å²) < 4.78 is 18.9. The second-order valence-electron chi connectivity index (χ2n) is 4.35. The van der Waals surface area contributed by atoms with Gasteiger partial charge in [-0.2, -0.15) is 4.98 Å². The highest BCUT2D eigenvalue weighted by Gasteiger charge is 2.11. The van der Waals surface area contributed by atoms with Crippen molar-refractivity contribution in [3.8, 4) is 0 Å². The van der Waals surface area contributed by atoms with Crippen LogP contribution in [-0.4, -0.2) is 18.6 Å². The molecule has 1 N–H and O–H groups in total. The van der Waals surface area contributed by atoms with Crippen molar-refractivity contribution in [3.63, 3.8) is 0 Å². The van der Waals surface area contributed by atoms with Gasteiger partial charge in [-0.15, -0.1) is 0 Å². The van der Waals surface area contributed by atoms with E-state index in [2.05, 4.69) is 10.3 Å². The van der Waals surface area contributed by atoms with Gasteiger partial charge in [0.2, 0.25) is 0 Å². The van der Waals surface area contributed by atoms with E-state index < -0.39 is 0 Å². The quantitative estimate of drug-likeness (QED) is 0.869. The van der Waals surface area contributed by atoms with Crippen LogP contribution >= 0.6 is 0 Å². The normalized spacial score (nSPS) is 10.7. The molecule has 102 valence electrons. The molecule has 2 aromatic rings. The number of nitrogens with zero attached hydrogens (tertiary/aromatic N) is 2. The Kier molecular flexibility index (Phi) is 4.52. The first kappa shape index (κ1) is 13.5. The predicted octanol–water partition coefficient (Wildman–Crippen LogP) is 2.56. The standard InChI is InChI=1S/C14H18FN3O/c1-3-16-8-12-10-19-14(17-12)18(2)9-11-6-4-5-7-13(11)15/h4-7,10,16H,3,8-9H2,1-2H3. The van der Waals surface area contributed by atoms with Crippen LogP contribution in [0.3, 0.4) is 0 Å². The molecule has 0 radical (unpaired) electrons. The number of nitrogens with one attached hydrogen (secondary N) is 1. The molecule has 0 spiro atoms. The number of hydrogen-bond acceptors (Lipinski definition) is 4. The van der Waals surface area contributed by atoms with Crippen molar-refractivity contribution in [2.45, 2.75) is 20.0 Å². The van der Waals surface area contributed by atoms with Gasteiger partial charge in [-0.1, -0.05) is 25.1 Å². The third-order valence-electron chi connectivity index (χ3n) is 2.79. The van der Waals surface area contributed by atoms with Crippen molar-refractivity contribution >= 4 is 6.01 Å². The number of oxazole rings is 1. The van der Waals surface area contributed by atoms with Crippen LogP contribution in [0.15, 0.2) is 34.9 Å². The summed E-state index contributed by atoms with van der Waals surface area (Å²) in [4.78, 5) is 6.13. The number of aromatic nitrogens is 1. The molecule has 0 aliphatic carbocycles. The first-order valence-electron chi connectivity index (χ1n) is 6.30. The van der Waals surface area contributed by atoms with E-state index in [1.165, 1.54) is 6.07 Å². The van der Waals surface area contributed by atoms with Crippen molar-refractivity contribution in [1.82, 2.24) is 10.3 Å². The van der Waals surface area contributed by atoms with Gasteiger partial charge in [-0.25, -0.2) is 4.39 Å². The minimum atomic E-state index is -0.214. The highest BCUT2D eigenvalue weighted by molar-refractivity contribution is 5.29.